The van der Waals surface area contributed by atoms with Crippen molar-refractivity contribution in [2.75, 3.05) is 50.2 Å². The van der Waals surface area contributed by atoms with E-state index in [1.807, 2.05) is 4.90 Å². The molecule has 8 heteroatoms. The van der Waals surface area contributed by atoms with Gasteiger partial charge in [-0.1, -0.05) is 0 Å². The number of hydrogen-bond donors (Lipinski definition) is 0. The normalized spacial score (nSPS) is 20.0. The molecule has 2 saturated heterocycles. The van der Waals surface area contributed by atoms with Crippen molar-refractivity contribution in [3.05, 3.63) is 48.3 Å². The van der Waals surface area contributed by atoms with Crippen molar-refractivity contribution in [3.8, 4) is 11.5 Å². The minimum atomic E-state index is -0.497. The summed E-state index contributed by atoms with van der Waals surface area (Å²) in [7, 11) is 3.03. The van der Waals surface area contributed by atoms with Gasteiger partial charge in [0.2, 0.25) is 5.91 Å². The van der Waals surface area contributed by atoms with Crippen LogP contribution in [0.3, 0.4) is 0 Å². The third-order valence-corrected chi connectivity index (χ3v) is 5.70. The molecule has 0 unspecified atom stereocenters. The van der Waals surface area contributed by atoms with Crippen molar-refractivity contribution in [3.63, 3.8) is 0 Å². The highest BCUT2D eigenvalue weighted by atomic mass is 19.1. The average molecular weight is 413 g/mol. The standard InChI is InChI=1S/C22H24FN3O4/c1-29-17-7-8-20(30-2)18(13-17)26-21(27)14-19(22(26)28)25-11-9-24(10-12-25)16-5-3-15(23)4-6-16/h3-8,13,19H,9-12,14H2,1-2H3/t19-/m1/s1. The van der Waals surface area contributed by atoms with Gasteiger partial charge in [0, 0.05) is 37.9 Å². The van der Waals surface area contributed by atoms with E-state index < -0.39 is 6.04 Å². The minimum absolute atomic E-state index is 0.135. The number of ether oxygens (including phenoxy) is 2. The molecule has 158 valence electrons. The van der Waals surface area contributed by atoms with Gasteiger partial charge in [0.1, 0.15) is 17.3 Å². The van der Waals surface area contributed by atoms with Crippen LogP contribution in [0.2, 0.25) is 0 Å². The highest BCUT2D eigenvalue weighted by Gasteiger charge is 2.44. The van der Waals surface area contributed by atoms with Crippen molar-refractivity contribution in [1.82, 2.24) is 4.90 Å². The van der Waals surface area contributed by atoms with Crippen LogP contribution >= 0.6 is 0 Å². The van der Waals surface area contributed by atoms with Gasteiger partial charge < -0.3 is 14.4 Å². The SMILES string of the molecule is COc1ccc(OC)c(N2C(=O)C[C@@H](N3CCN(c4ccc(F)cc4)CC3)C2=O)c1. The van der Waals surface area contributed by atoms with Crippen LogP contribution in [0.25, 0.3) is 0 Å². The molecule has 2 amide bonds. The Morgan fingerprint density at radius 3 is 2.27 bits per heavy atom. The molecular formula is C22H24FN3O4. The van der Waals surface area contributed by atoms with Gasteiger partial charge in [0.15, 0.2) is 0 Å². The van der Waals surface area contributed by atoms with Crippen molar-refractivity contribution in [1.29, 1.82) is 0 Å². The molecule has 2 aromatic carbocycles. The van der Waals surface area contributed by atoms with Crippen LogP contribution in [0.1, 0.15) is 6.42 Å². The molecule has 4 rings (SSSR count). The first-order chi connectivity index (χ1) is 14.5. The Morgan fingerprint density at radius 2 is 1.63 bits per heavy atom. The zero-order valence-electron chi connectivity index (χ0n) is 17.0. The Bertz CT molecular complexity index is 942. The number of halogens is 1. The number of rotatable bonds is 5. The monoisotopic (exact) mass is 413 g/mol. The van der Waals surface area contributed by atoms with E-state index in [0.717, 1.165) is 5.69 Å². The Morgan fingerprint density at radius 1 is 0.933 bits per heavy atom. The summed E-state index contributed by atoms with van der Waals surface area (Å²) in [6.45, 7) is 2.69. The van der Waals surface area contributed by atoms with Crippen LogP contribution in [0.5, 0.6) is 11.5 Å². The van der Waals surface area contributed by atoms with E-state index in [0.29, 0.717) is 43.4 Å². The summed E-state index contributed by atoms with van der Waals surface area (Å²) >= 11 is 0. The summed E-state index contributed by atoms with van der Waals surface area (Å²) in [6, 6.07) is 11.0. The number of anilines is 2. The molecule has 0 saturated carbocycles. The predicted octanol–water partition coefficient (Wildman–Crippen LogP) is 2.30. The molecule has 0 aliphatic carbocycles. The van der Waals surface area contributed by atoms with Crippen LogP contribution in [-0.4, -0.2) is 63.2 Å². The lowest BCUT2D eigenvalue weighted by Crippen LogP contribution is -2.52. The van der Waals surface area contributed by atoms with E-state index in [-0.39, 0.29) is 24.1 Å². The largest absolute Gasteiger partial charge is 0.497 e. The van der Waals surface area contributed by atoms with Crippen molar-refractivity contribution in [2.24, 2.45) is 0 Å². The van der Waals surface area contributed by atoms with Gasteiger partial charge in [-0.05, 0) is 36.4 Å². The van der Waals surface area contributed by atoms with Crippen molar-refractivity contribution in [2.45, 2.75) is 12.5 Å². The Balaban J connectivity index is 1.48. The zero-order valence-corrected chi connectivity index (χ0v) is 17.0. The molecule has 0 bridgehead atoms. The number of methoxy groups -OCH3 is 2. The molecule has 0 spiro atoms. The fraction of sp³-hybridized carbons (Fsp3) is 0.364. The van der Waals surface area contributed by atoms with E-state index in [2.05, 4.69) is 4.90 Å². The molecule has 0 N–H and O–H groups in total. The molecule has 7 nitrogen and oxygen atoms in total. The van der Waals surface area contributed by atoms with Gasteiger partial charge in [-0.3, -0.25) is 14.5 Å². The molecule has 2 fully saturated rings. The number of nitrogens with zero attached hydrogens (tertiary/aromatic N) is 3. The molecule has 2 heterocycles. The molecule has 30 heavy (non-hydrogen) atoms. The molecule has 2 aliphatic heterocycles. The highest BCUT2D eigenvalue weighted by Crippen LogP contribution is 2.36. The average Bonchev–Trinajstić information content (AvgIpc) is 3.07. The zero-order chi connectivity index (χ0) is 21.3. The lowest BCUT2D eigenvalue weighted by molar-refractivity contribution is -0.123. The van der Waals surface area contributed by atoms with Gasteiger partial charge in [0.25, 0.3) is 5.91 Å². The maximum absolute atomic E-state index is 13.2. The molecule has 0 radical (unpaired) electrons. The van der Waals surface area contributed by atoms with Gasteiger partial charge >= 0.3 is 0 Å². The third kappa shape index (κ3) is 3.70. The van der Waals surface area contributed by atoms with Crippen LogP contribution in [0.4, 0.5) is 15.8 Å². The van der Waals surface area contributed by atoms with Crippen LogP contribution in [-0.2, 0) is 9.59 Å². The van der Waals surface area contributed by atoms with Gasteiger partial charge in [0.05, 0.1) is 32.4 Å². The summed E-state index contributed by atoms with van der Waals surface area (Å²) in [5.41, 5.74) is 1.35. The first kappa shape index (κ1) is 20.2. The van der Waals surface area contributed by atoms with E-state index in [4.69, 9.17) is 9.47 Å². The van der Waals surface area contributed by atoms with Crippen LogP contribution in [0, 0.1) is 5.82 Å². The molecular weight excluding hydrogens is 389 g/mol. The number of carbonyl (C=O) groups is 2. The van der Waals surface area contributed by atoms with E-state index >= 15 is 0 Å². The first-order valence-electron chi connectivity index (χ1n) is 9.85. The fourth-order valence-corrected chi connectivity index (χ4v) is 4.07. The maximum Gasteiger partial charge on any atom is 0.251 e. The summed E-state index contributed by atoms with van der Waals surface area (Å²) in [6.07, 6.45) is 0.135. The lowest BCUT2D eigenvalue weighted by atomic mass is 10.1. The second-order valence-electron chi connectivity index (χ2n) is 7.32. The maximum atomic E-state index is 13.2. The second kappa shape index (κ2) is 8.31. The fourth-order valence-electron chi connectivity index (χ4n) is 4.07. The van der Waals surface area contributed by atoms with Crippen LogP contribution < -0.4 is 19.3 Å². The predicted molar refractivity (Wildman–Crippen MR) is 111 cm³/mol. The Labute approximate surface area is 174 Å². The number of amides is 2. The van der Waals surface area contributed by atoms with Crippen LogP contribution in [0.15, 0.2) is 42.5 Å². The summed E-state index contributed by atoms with van der Waals surface area (Å²) in [4.78, 5) is 31.4. The molecule has 0 aromatic heterocycles. The smallest absolute Gasteiger partial charge is 0.251 e. The molecule has 2 aliphatic rings. The van der Waals surface area contributed by atoms with E-state index in [1.165, 1.54) is 31.3 Å². The lowest BCUT2D eigenvalue weighted by Gasteiger charge is -2.38. The number of imide groups is 1. The summed E-state index contributed by atoms with van der Waals surface area (Å²) < 4.78 is 23.8. The van der Waals surface area contributed by atoms with E-state index in [1.54, 1.807) is 30.3 Å². The Kier molecular flexibility index (Phi) is 5.59. The van der Waals surface area contributed by atoms with Gasteiger partial charge in [-0.2, -0.15) is 0 Å². The van der Waals surface area contributed by atoms with Gasteiger partial charge in [-0.15, -0.1) is 0 Å². The molecule has 1 atom stereocenters. The first-order valence-corrected chi connectivity index (χ1v) is 9.85. The Hall–Kier alpha value is -3.13. The second-order valence-corrected chi connectivity index (χ2v) is 7.32. The topological polar surface area (TPSA) is 62.3 Å². The van der Waals surface area contributed by atoms with Crippen molar-refractivity contribution >= 4 is 23.2 Å². The number of piperazine rings is 1. The van der Waals surface area contributed by atoms with Gasteiger partial charge in [-0.25, -0.2) is 9.29 Å². The minimum Gasteiger partial charge on any atom is -0.497 e. The van der Waals surface area contributed by atoms with Crippen molar-refractivity contribution < 1.29 is 23.5 Å². The van der Waals surface area contributed by atoms with E-state index in [9.17, 15) is 14.0 Å². The number of carbonyl (C=O) groups excluding carboxylic acids is 2. The highest BCUT2D eigenvalue weighted by molar-refractivity contribution is 6.23. The quantitative estimate of drug-likeness (QED) is 0.701. The number of hydrogen-bond acceptors (Lipinski definition) is 6. The third-order valence-electron chi connectivity index (χ3n) is 5.70. The summed E-state index contributed by atoms with van der Waals surface area (Å²) in [5.74, 6) is 0.224. The molecule has 2 aromatic rings. The number of benzene rings is 2. The summed E-state index contributed by atoms with van der Waals surface area (Å²) in [5, 5.41) is 0.